The molecule has 0 spiro atoms. The van der Waals surface area contributed by atoms with Crippen molar-refractivity contribution in [2.75, 3.05) is 38.3 Å². The Bertz CT molecular complexity index is 369. The van der Waals surface area contributed by atoms with Crippen LogP contribution < -0.4 is 5.32 Å². The molecule has 0 saturated carbocycles. The van der Waals surface area contributed by atoms with Gasteiger partial charge in [-0.1, -0.05) is 5.92 Å². The first-order valence-corrected chi connectivity index (χ1v) is 7.05. The highest BCUT2D eigenvalue weighted by Gasteiger charge is 2.38. The zero-order chi connectivity index (χ0) is 14.3. The molecule has 0 radical (unpaired) electrons. The number of rotatable bonds is 6. The number of terminal acetylenes is 1. The van der Waals surface area contributed by atoms with Gasteiger partial charge in [-0.2, -0.15) is 0 Å². The van der Waals surface area contributed by atoms with Crippen LogP contribution in [0.4, 0.5) is 4.79 Å². The number of nitrogens with one attached hydrogen (secondary N) is 1. The number of carbonyl (C=O) groups excluding carboxylic acids is 1. The Morgan fingerprint density at radius 3 is 2.95 bits per heavy atom. The third-order valence-corrected chi connectivity index (χ3v) is 3.76. The van der Waals surface area contributed by atoms with Crippen molar-refractivity contribution >= 4 is 23.8 Å². The Labute approximate surface area is 116 Å². The fourth-order valence-corrected chi connectivity index (χ4v) is 2.31. The second-order valence-corrected chi connectivity index (χ2v) is 5.25. The number of aliphatic carboxylic acids is 1. The highest BCUT2D eigenvalue weighted by molar-refractivity contribution is 7.99. The number of hydrogen-bond donors (Lipinski definition) is 2. The zero-order valence-corrected chi connectivity index (χ0v) is 11.6. The average molecular weight is 286 g/mol. The highest BCUT2D eigenvalue weighted by atomic mass is 32.2. The Hall–Kier alpha value is -1.39. The first-order chi connectivity index (χ1) is 9.07. The van der Waals surface area contributed by atoms with Crippen molar-refractivity contribution in [3.05, 3.63) is 0 Å². The van der Waals surface area contributed by atoms with E-state index in [0.717, 1.165) is 5.75 Å². The Morgan fingerprint density at radius 2 is 2.32 bits per heavy atom. The summed E-state index contributed by atoms with van der Waals surface area (Å²) in [5.41, 5.74) is 0. The Kier molecular flexibility index (Phi) is 6.53. The summed E-state index contributed by atoms with van der Waals surface area (Å²) in [5, 5.41) is 11.8. The lowest BCUT2D eigenvalue weighted by Crippen LogP contribution is -2.48. The minimum absolute atomic E-state index is 0.148. The molecule has 0 aliphatic carbocycles. The number of likely N-dealkylation sites (N-methyl/N-ethyl adjacent to an activating group) is 1. The minimum Gasteiger partial charge on any atom is -0.481 e. The van der Waals surface area contributed by atoms with Gasteiger partial charge in [-0.25, -0.2) is 4.79 Å². The zero-order valence-electron chi connectivity index (χ0n) is 10.8. The lowest BCUT2D eigenvalue weighted by atomic mass is 10.0. The largest absolute Gasteiger partial charge is 0.481 e. The van der Waals surface area contributed by atoms with E-state index in [0.29, 0.717) is 12.3 Å². The maximum absolute atomic E-state index is 11.8. The number of carboxylic acids is 1. The molecular weight excluding hydrogens is 268 g/mol. The fraction of sp³-hybridized carbons (Fsp3) is 0.667. The van der Waals surface area contributed by atoms with Gasteiger partial charge < -0.3 is 20.1 Å². The number of amides is 2. The van der Waals surface area contributed by atoms with Crippen LogP contribution in [0, 0.1) is 18.3 Å². The number of carbonyl (C=O) groups is 2. The van der Waals surface area contributed by atoms with Gasteiger partial charge in [0.05, 0.1) is 25.0 Å². The summed E-state index contributed by atoms with van der Waals surface area (Å²) in [5.74, 6) is 2.24. The van der Waals surface area contributed by atoms with Gasteiger partial charge in [0.15, 0.2) is 0 Å². The van der Waals surface area contributed by atoms with Crippen LogP contribution in [0.5, 0.6) is 0 Å². The summed E-state index contributed by atoms with van der Waals surface area (Å²) in [6.45, 7) is 0.906. The average Bonchev–Trinajstić information content (AvgIpc) is 2.86. The summed E-state index contributed by atoms with van der Waals surface area (Å²) in [4.78, 5) is 24.3. The number of urea groups is 1. The molecule has 0 aromatic rings. The second kappa shape index (κ2) is 7.92. The van der Waals surface area contributed by atoms with E-state index in [1.54, 1.807) is 18.8 Å². The number of hydrogen-bond acceptors (Lipinski definition) is 4. The number of nitrogens with zero attached hydrogens (tertiary/aromatic N) is 1. The molecule has 2 N–H and O–H groups in total. The molecule has 0 aromatic heterocycles. The van der Waals surface area contributed by atoms with E-state index in [4.69, 9.17) is 16.3 Å². The number of carboxylic acid groups (broad SMARTS) is 1. The lowest BCUT2D eigenvalue weighted by molar-refractivity contribution is -0.142. The normalized spacial score (nSPS) is 21.7. The molecule has 0 aromatic carbocycles. The topological polar surface area (TPSA) is 78.9 Å². The van der Waals surface area contributed by atoms with Gasteiger partial charge in [0, 0.05) is 19.3 Å². The first-order valence-electron chi connectivity index (χ1n) is 5.90. The van der Waals surface area contributed by atoms with E-state index in [2.05, 4.69) is 11.2 Å². The standard InChI is InChI=1S/C12H18N2O4S/c1-3-5-19-6-4-13-12(17)14(2)10-8-18-7-9(10)11(15)16/h1,9-10H,4-8H2,2H3,(H,13,17)(H,15,16). The molecule has 19 heavy (non-hydrogen) atoms. The molecule has 0 bridgehead atoms. The van der Waals surface area contributed by atoms with Crippen molar-refractivity contribution in [1.82, 2.24) is 10.2 Å². The van der Waals surface area contributed by atoms with Crippen LogP contribution in [0.15, 0.2) is 0 Å². The van der Waals surface area contributed by atoms with Crippen LogP contribution in [-0.4, -0.2) is 66.4 Å². The number of thioether (sulfide) groups is 1. The summed E-state index contributed by atoms with van der Waals surface area (Å²) in [7, 11) is 1.58. The summed E-state index contributed by atoms with van der Waals surface area (Å²) < 4.78 is 5.13. The Balaban J connectivity index is 2.35. The molecule has 6 nitrogen and oxygen atoms in total. The SMILES string of the molecule is C#CCSCCNC(=O)N(C)C1COCC1C(=O)O. The quantitative estimate of drug-likeness (QED) is 0.534. The third kappa shape index (κ3) is 4.65. The van der Waals surface area contributed by atoms with E-state index < -0.39 is 17.9 Å². The van der Waals surface area contributed by atoms with Crippen molar-refractivity contribution in [3.63, 3.8) is 0 Å². The van der Waals surface area contributed by atoms with Crippen LogP contribution in [-0.2, 0) is 9.53 Å². The van der Waals surface area contributed by atoms with Gasteiger partial charge in [-0.05, 0) is 0 Å². The predicted molar refractivity (Wildman–Crippen MR) is 73.1 cm³/mol. The molecule has 1 fully saturated rings. The van der Waals surface area contributed by atoms with Crippen molar-refractivity contribution in [2.45, 2.75) is 6.04 Å². The maximum atomic E-state index is 11.8. The third-order valence-electron chi connectivity index (χ3n) is 2.89. The molecular formula is C12H18N2O4S. The molecule has 2 amide bonds. The van der Waals surface area contributed by atoms with Gasteiger partial charge in [0.25, 0.3) is 0 Å². The monoisotopic (exact) mass is 286 g/mol. The number of ether oxygens (including phenoxy) is 1. The van der Waals surface area contributed by atoms with E-state index in [9.17, 15) is 9.59 Å². The van der Waals surface area contributed by atoms with Crippen LogP contribution in [0.25, 0.3) is 0 Å². The van der Waals surface area contributed by atoms with Crippen molar-refractivity contribution in [1.29, 1.82) is 0 Å². The Morgan fingerprint density at radius 1 is 1.58 bits per heavy atom. The van der Waals surface area contributed by atoms with Crippen molar-refractivity contribution < 1.29 is 19.4 Å². The first kappa shape index (κ1) is 15.7. The summed E-state index contributed by atoms with van der Waals surface area (Å²) in [6.07, 6.45) is 5.11. The van der Waals surface area contributed by atoms with Crippen molar-refractivity contribution in [3.8, 4) is 12.3 Å². The smallest absolute Gasteiger partial charge is 0.317 e. The van der Waals surface area contributed by atoms with Crippen LogP contribution >= 0.6 is 11.8 Å². The van der Waals surface area contributed by atoms with Gasteiger partial charge in [-0.15, -0.1) is 18.2 Å². The second-order valence-electron chi connectivity index (χ2n) is 4.15. The summed E-state index contributed by atoms with van der Waals surface area (Å²) in [6, 6.07) is -0.709. The predicted octanol–water partition coefficient (Wildman–Crippen LogP) is 0.0938. The molecule has 1 aliphatic rings. The molecule has 7 heteroatoms. The van der Waals surface area contributed by atoms with Crippen LogP contribution in [0.3, 0.4) is 0 Å². The molecule has 2 atom stereocenters. The van der Waals surface area contributed by atoms with E-state index in [-0.39, 0.29) is 19.2 Å². The minimum atomic E-state index is -0.938. The molecule has 1 saturated heterocycles. The van der Waals surface area contributed by atoms with E-state index in [1.807, 2.05) is 0 Å². The fourth-order valence-electron chi connectivity index (χ4n) is 1.80. The van der Waals surface area contributed by atoms with Gasteiger partial charge in [0.2, 0.25) is 0 Å². The molecule has 106 valence electrons. The van der Waals surface area contributed by atoms with Gasteiger partial charge in [-0.3, -0.25) is 4.79 Å². The lowest BCUT2D eigenvalue weighted by Gasteiger charge is -2.26. The van der Waals surface area contributed by atoms with Crippen molar-refractivity contribution in [2.24, 2.45) is 5.92 Å². The molecule has 1 heterocycles. The molecule has 2 unspecified atom stereocenters. The van der Waals surface area contributed by atoms with Crippen LogP contribution in [0.1, 0.15) is 0 Å². The van der Waals surface area contributed by atoms with E-state index in [1.165, 1.54) is 4.90 Å². The van der Waals surface area contributed by atoms with Gasteiger partial charge >= 0.3 is 12.0 Å². The van der Waals surface area contributed by atoms with Crippen LogP contribution in [0.2, 0.25) is 0 Å². The summed E-state index contributed by atoms with van der Waals surface area (Å²) >= 11 is 1.56. The van der Waals surface area contributed by atoms with E-state index >= 15 is 0 Å². The maximum Gasteiger partial charge on any atom is 0.317 e. The van der Waals surface area contributed by atoms with Gasteiger partial charge in [0.1, 0.15) is 5.92 Å². The highest BCUT2D eigenvalue weighted by Crippen LogP contribution is 2.18. The molecule has 1 rings (SSSR count). The molecule has 1 aliphatic heterocycles.